The van der Waals surface area contributed by atoms with Crippen LogP contribution < -0.4 is 15.5 Å². The topological polar surface area (TPSA) is 87.2 Å². The minimum atomic E-state index is -0.278. The molecule has 0 aliphatic carbocycles. The number of anilines is 2. The number of rotatable bonds is 8. The zero-order chi connectivity index (χ0) is 21.3. The van der Waals surface area contributed by atoms with E-state index in [4.69, 9.17) is 0 Å². The van der Waals surface area contributed by atoms with Crippen LogP contribution in [0.15, 0.2) is 67.0 Å². The molecule has 7 heteroatoms. The Labute approximate surface area is 176 Å². The van der Waals surface area contributed by atoms with Gasteiger partial charge in [-0.15, -0.1) is 0 Å². The molecule has 30 heavy (non-hydrogen) atoms. The smallest absolute Gasteiger partial charge is 0.257 e. The van der Waals surface area contributed by atoms with Gasteiger partial charge in [-0.2, -0.15) is 0 Å². The molecule has 1 aromatic carbocycles. The molecular weight excluding hydrogens is 378 g/mol. The van der Waals surface area contributed by atoms with Crippen LogP contribution >= 0.6 is 0 Å². The number of hydrogen-bond acceptors (Lipinski definition) is 5. The number of nitrogens with zero attached hydrogens (tertiary/aromatic N) is 3. The van der Waals surface area contributed by atoms with Crippen molar-refractivity contribution < 1.29 is 9.59 Å². The van der Waals surface area contributed by atoms with Gasteiger partial charge in [0.25, 0.3) is 11.8 Å². The van der Waals surface area contributed by atoms with Crippen LogP contribution in [0.4, 0.5) is 11.5 Å². The van der Waals surface area contributed by atoms with E-state index in [1.54, 1.807) is 42.7 Å². The van der Waals surface area contributed by atoms with E-state index in [0.29, 0.717) is 23.4 Å². The number of hydrogen-bond donors (Lipinski definition) is 2. The zero-order valence-corrected chi connectivity index (χ0v) is 17.1. The molecule has 2 N–H and O–H groups in total. The molecule has 0 aliphatic rings. The van der Waals surface area contributed by atoms with E-state index >= 15 is 0 Å². The molecule has 0 fully saturated rings. The van der Waals surface area contributed by atoms with Gasteiger partial charge >= 0.3 is 0 Å². The Bertz CT molecular complexity index is 986. The summed E-state index contributed by atoms with van der Waals surface area (Å²) >= 11 is 0. The van der Waals surface area contributed by atoms with Gasteiger partial charge in [0.05, 0.1) is 17.8 Å². The molecule has 3 aromatic rings. The summed E-state index contributed by atoms with van der Waals surface area (Å²) in [4.78, 5) is 35.6. The first kappa shape index (κ1) is 21.0. The summed E-state index contributed by atoms with van der Waals surface area (Å²) in [5.41, 5.74) is 2.23. The number of nitrogens with one attached hydrogen (secondary N) is 2. The molecule has 0 saturated heterocycles. The largest absolute Gasteiger partial charge is 0.357 e. The average Bonchev–Trinajstić information content (AvgIpc) is 2.79. The van der Waals surface area contributed by atoms with Gasteiger partial charge in [0, 0.05) is 36.7 Å². The molecule has 0 aliphatic heterocycles. The van der Waals surface area contributed by atoms with Crippen molar-refractivity contribution in [3.05, 3.63) is 83.8 Å². The average molecular weight is 403 g/mol. The molecule has 0 saturated carbocycles. The Kier molecular flexibility index (Phi) is 7.10. The molecule has 2 aromatic heterocycles. The number of carbonyl (C=O) groups excluding carboxylic acids is 2. The van der Waals surface area contributed by atoms with Crippen LogP contribution in [-0.2, 0) is 6.54 Å². The molecule has 2 amide bonds. The highest BCUT2D eigenvalue weighted by Gasteiger charge is 2.11. The van der Waals surface area contributed by atoms with Gasteiger partial charge in [0.2, 0.25) is 0 Å². The van der Waals surface area contributed by atoms with E-state index in [2.05, 4.69) is 39.3 Å². The summed E-state index contributed by atoms with van der Waals surface area (Å²) in [7, 11) is 0. The summed E-state index contributed by atoms with van der Waals surface area (Å²) in [6, 6.07) is 15.9. The van der Waals surface area contributed by atoms with Gasteiger partial charge in [-0.3, -0.25) is 14.6 Å². The van der Waals surface area contributed by atoms with Crippen molar-refractivity contribution in [3.63, 3.8) is 0 Å². The van der Waals surface area contributed by atoms with Crippen molar-refractivity contribution in [1.29, 1.82) is 0 Å². The normalized spacial score (nSPS) is 10.3. The van der Waals surface area contributed by atoms with Gasteiger partial charge in [-0.05, 0) is 56.3 Å². The first-order valence-electron chi connectivity index (χ1n) is 9.91. The fraction of sp³-hybridized carbons (Fsp3) is 0.217. The fourth-order valence-electron chi connectivity index (χ4n) is 2.97. The third-order valence-electron chi connectivity index (χ3n) is 4.64. The third kappa shape index (κ3) is 5.41. The number of benzene rings is 1. The van der Waals surface area contributed by atoms with Crippen LogP contribution in [0.3, 0.4) is 0 Å². The van der Waals surface area contributed by atoms with Crippen LogP contribution in [0.1, 0.15) is 40.3 Å². The second kappa shape index (κ2) is 10.2. The first-order chi connectivity index (χ1) is 14.6. The minimum absolute atomic E-state index is 0.234. The molecule has 154 valence electrons. The SMILES string of the molecule is CCN(CC)c1ccc(C(=O)Nc2cccc(C(=O)NCc3ccccn3)c2)cn1. The lowest BCUT2D eigenvalue weighted by Gasteiger charge is -2.19. The highest BCUT2D eigenvalue weighted by atomic mass is 16.2. The summed E-state index contributed by atoms with van der Waals surface area (Å²) in [5.74, 6) is 0.324. The summed E-state index contributed by atoms with van der Waals surface area (Å²) < 4.78 is 0. The van der Waals surface area contributed by atoms with Crippen molar-refractivity contribution in [2.75, 3.05) is 23.3 Å². The van der Waals surface area contributed by atoms with Crippen LogP contribution in [0.2, 0.25) is 0 Å². The maximum absolute atomic E-state index is 12.6. The maximum Gasteiger partial charge on any atom is 0.257 e. The fourth-order valence-corrected chi connectivity index (χ4v) is 2.97. The lowest BCUT2D eigenvalue weighted by Crippen LogP contribution is -2.23. The molecule has 7 nitrogen and oxygen atoms in total. The van der Waals surface area contributed by atoms with Crippen LogP contribution in [-0.4, -0.2) is 34.9 Å². The van der Waals surface area contributed by atoms with E-state index in [9.17, 15) is 9.59 Å². The Morgan fingerprint density at radius 1 is 0.900 bits per heavy atom. The Morgan fingerprint density at radius 3 is 2.40 bits per heavy atom. The quantitative estimate of drug-likeness (QED) is 0.601. The van der Waals surface area contributed by atoms with E-state index in [1.165, 1.54) is 0 Å². The van der Waals surface area contributed by atoms with Crippen molar-refractivity contribution in [2.45, 2.75) is 20.4 Å². The predicted octanol–water partition coefficient (Wildman–Crippen LogP) is 3.51. The van der Waals surface area contributed by atoms with E-state index in [0.717, 1.165) is 24.6 Å². The first-order valence-corrected chi connectivity index (χ1v) is 9.91. The van der Waals surface area contributed by atoms with Crippen LogP contribution in [0, 0.1) is 0 Å². The minimum Gasteiger partial charge on any atom is -0.357 e. The summed E-state index contributed by atoms with van der Waals surface area (Å²) in [6.07, 6.45) is 3.24. The maximum atomic E-state index is 12.6. The van der Waals surface area contributed by atoms with Crippen molar-refractivity contribution in [1.82, 2.24) is 15.3 Å². The Hall–Kier alpha value is -3.74. The third-order valence-corrected chi connectivity index (χ3v) is 4.64. The monoisotopic (exact) mass is 403 g/mol. The van der Waals surface area contributed by atoms with Crippen LogP contribution in [0.5, 0.6) is 0 Å². The predicted molar refractivity (Wildman–Crippen MR) is 118 cm³/mol. The van der Waals surface area contributed by atoms with Crippen molar-refractivity contribution in [2.24, 2.45) is 0 Å². The zero-order valence-electron chi connectivity index (χ0n) is 17.1. The van der Waals surface area contributed by atoms with Gasteiger partial charge < -0.3 is 15.5 Å². The van der Waals surface area contributed by atoms with E-state index in [-0.39, 0.29) is 11.8 Å². The van der Waals surface area contributed by atoms with E-state index < -0.39 is 0 Å². The van der Waals surface area contributed by atoms with Gasteiger partial charge in [-0.1, -0.05) is 12.1 Å². The number of amides is 2. The van der Waals surface area contributed by atoms with Gasteiger partial charge in [0.15, 0.2) is 0 Å². The Balaban J connectivity index is 1.63. The number of carbonyl (C=O) groups is 2. The van der Waals surface area contributed by atoms with Crippen LogP contribution in [0.25, 0.3) is 0 Å². The molecule has 3 rings (SSSR count). The molecule has 2 heterocycles. The molecular formula is C23H25N5O2. The Morgan fingerprint density at radius 2 is 1.73 bits per heavy atom. The summed E-state index contributed by atoms with van der Waals surface area (Å²) in [5, 5.41) is 5.65. The molecule has 0 atom stereocenters. The molecule has 0 unspecified atom stereocenters. The lowest BCUT2D eigenvalue weighted by atomic mass is 10.1. The molecule has 0 radical (unpaired) electrons. The summed E-state index contributed by atoms with van der Waals surface area (Å²) in [6.45, 7) is 6.16. The van der Waals surface area contributed by atoms with E-state index in [1.807, 2.05) is 24.3 Å². The standard InChI is InChI=1S/C23H25N5O2/c1-3-28(4-2)21-12-11-18(15-25-21)23(30)27-19-10-7-8-17(14-19)22(29)26-16-20-9-5-6-13-24-20/h5-15H,3-4,16H2,1-2H3,(H,26,29)(H,27,30). The van der Waals surface area contributed by atoms with Crippen molar-refractivity contribution in [3.8, 4) is 0 Å². The molecule has 0 bridgehead atoms. The van der Waals surface area contributed by atoms with Gasteiger partial charge in [-0.25, -0.2) is 4.98 Å². The second-order valence-electron chi connectivity index (χ2n) is 6.62. The highest BCUT2D eigenvalue weighted by molar-refractivity contribution is 6.05. The van der Waals surface area contributed by atoms with Crippen molar-refractivity contribution >= 4 is 23.3 Å². The number of pyridine rings is 2. The van der Waals surface area contributed by atoms with Gasteiger partial charge in [0.1, 0.15) is 5.82 Å². The number of aromatic nitrogens is 2. The lowest BCUT2D eigenvalue weighted by molar-refractivity contribution is 0.0949. The highest BCUT2D eigenvalue weighted by Crippen LogP contribution is 2.15. The second-order valence-corrected chi connectivity index (χ2v) is 6.62. The molecule has 0 spiro atoms.